The minimum atomic E-state index is -1.21. The van der Waals surface area contributed by atoms with Crippen LogP contribution in [0.15, 0.2) is 40.1 Å². The fourth-order valence-corrected chi connectivity index (χ4v) is 4.23. The van der Waals surface area contributed by atoms with Crippen molar-refractivity contribution in [1.82, 2.24) is 24.0 Å². The Bertz CT molecular complexity index is 1270. The average molecular weight is 441 g/mol. The van der Waals surface area contributed by atoms with Crippen LogP contribution in [-0.2, 0) is 22.7 Å². The van der Waals surface area contributed by atoms with Crippen LogP contribution < -0.4 is 11.2 Å². The van der Waals surface area contributed by atoms with Crippen molar-refractivity contribution in [2.75, 3.05) is 20.2 Å². The van der Waals surface area contributed by atoms with Gasteiger partial charge in [0.1, 0.15) is 19.0 Å². The summed E-state index contributed by atoms with van der Waals surface area (Å²) in [5.41, 5.74) is -0.315. The number of benzene rings is 1. The number of aryl methyl sites for hydroxylation is 1. The number of rotatable bonds is 5. The van der Waals surface area contributed by atoms with Gasteiger partial charge in [-0.25, -0.2) is 9.78 Å². The monoisotopic (exact) mass is 441 g/mol. The molecule has 0 bridgehead atoms. The number of aromatic nitrogens is 4. The molecule has 0 spiro atoms. The number of aliphatic hydroxyl groups is 1. The smallest absolute Gasteiger partial charge is 0.328 e. The summed E-state index contributed by atoms with van der Waals surface area (Å²) in [5.74, 6) is 0.496. The second kappa shape index (κ2) is 8.36. The summed E-state index contributed by atoms with van der Waals surface area (Å²) in [7, 11) is 1.58. The van der Waals surface area contributed by atoms with Crippen LogP contribution in [0.5, 0.6) is 0 Å². The lowest BCUT2D eigenvalue weighted by Gasteiger charge is -2.43. The number of aromatic amines is 1. The topological polar surface area (TPSA) is 122 Å². The fraction of sp³-hybridized carbons (Fsp3) is 0.455. The number of carbonyl (C=O) groups is 1. The highest BCUT2D eigenvalue weighted by atomic mass is 16.5. The molecule has 0 aliphatic carbocycles. The molecule has 3 heterocycles. The molecule has 170 valence electrons. The van der Waals surface area contributed by atoms with E-state index in [4.69, 9.17) is 4.74 Å². The normalized spacial score (nSPS) is 21.2. The molecule has 10 nitrogen and oxygen atoms in total. The molecular weight excluding hydrogens is 414 g/mol. The van der Waals surface area contributed by atoms with Crippen molar-refractivity contribution in [3.05, 3.63) is 62.7 Å². The number of ether oxygens (including phenoxy) is 1. The first kappa shape index (κ1) is 22.0. The van der Waals surface area contributed by atoms with E-state index >= 15 is 0 Å². The highest BCUT2D eigenvalue weighted by Gasteiger charge is 2.41. The van der Waals surface area contributed by atoms with Crippen molar-refractivity contribution < 1.29 is 14.6 Å². The molecule has 1 aliphatic heterocycles. The van der Waals surface area contributed by atoms with Gasteiger partial charge in [-0.3, -0.25) is 19.1 Å². The Hall–Kier alpha value is -3.24. The third kappa shape index (κ3) is 3.98. The van der Waals surface area contributed by atoms with Crippen molar-refractivity contribution in [3.8, 4) is 0 Å². The number of para-hydroxylation sites is 2. The molecule has 0 unspecified atom stereocenters. The van der Waals surface area contributed by atoms with Crippen LogP contribution in [0.25, 0.3) is 11.0 Å². The number of piperidine rings is 1. The zero-order valence-corrected chi connectivity index (χ0v) is 18.4. The number of hydrogen-bond donors (Lipinski definition) is 2. The summed E-state index contributed by atoms with van der Waals surface area (Å²) in [4.78, 5) is 46.0. The molecule has 1 aromatic carbocycles. The van der Waals surface area contributed by atoms with Crippen LogP contribution in [0, 0.1) is 6.92 Å². The number of methoxy groups -OCH3 is 1. The predicted octanol–water partition coefficient (Wildman–Crippen LogP) is 0.566. The first-order valence-corrected chi connectivity index (χ1v) is 10.5. The molecule has 2 N–H and O–H groups in total. The van der Waals surface area contributed by atoms with E-state index in [-0.39, 0.29) is 25.6 Å². The molecule has 1 aliphatic rings. The molecule has 4 rings (SSSR count). The van der Waals surface area contributed by atoms with Crippen molar-refractivity contribution in [3.63, 3.8) is 0 Å². The Balaban J connectivity index is 1.63. The summed E-state index contributed by atoms with van der Waals surface area (Å²) in [5, 5.41) is 11.0. The Labute approximate surface area is 184 Å². The summed E-state index contributed by atoms with van der Waals surface area (Å²) < 4.78 is 8.40. The highest BCUT2D eigenvalue weighted by molar-refractivity contribution is 5.81. The van der Waals surface area contributed by atoms with Gasteiger partial charge in [0.25, 0.3) is 5.56 Å². The zero-order valence-electron chi connectivity index (χ0n) is 18.4. The minimum absolute atomic E-state index is 0.0631. The molecule has 2 atom stereocenters. The van der Waals surface area contributed by atoms with Crippen LogP contribution in [0.4, 0.5) is 0 Å². The Morgan fingerprint density at radius 3 is 2.84 bits per heavy atom. The van der Waals surface area contributed by atoms with Crippen molar-refractivity contribution >= 4 is 16.9 Å². The van der Waals surface area contributed by atoms with Crippen molar-refractivity contribution in [2.24, 2.45) is 0 Å². The van der Waals surface area contributed by atoms with E-state index in [1.807, 2.05) is 28.8 Å². The maximum absolute atomic E-state index is 13.3. The number of hydrogen-bond acceptors (Lipinski definition) is 6. The van der Waals surface area contributed by atoms with Gasteiger partial charge < -0.3 is 19.3 Å². The third-order valence-corrected chi connectivity index (χ3v) is 6.13. The Morgan fingerprint density at radius 2 is 2.09 bits per heavy atom. The molecule has 1 fully saturated rings. The number of likely N-dealkylation sites (tertiary alicyclic amines) is 1. The predicted molar refractivity (Wildman–Crippen MR) is 117 cm³/mol. The van der Waals surface area contributed by atoms with Gasteiger partial charge in [-0.2, -0.15) is 0 Å². The second-order valence-electron chi connectivity index (χ2n) is 8.48. The third-order valence-electron chi connectivity index (χ3n) is 6.13. The van der Waals surface area contributed by atoms with E-state index in [0.29, 0.717) is 24.4 Å². The van der Waals surface area contributed by atoms with Gasteiger partial charge >= 0.3 is 5.69 Å². The van der Waals surface area contributed by atoms with Crippen LogP contribution >= 0.6 is 0 Å². The van der Waals surface area contributed by atoms with Crippen molar-refractivity contribution in [2.45, 2.75) is 45.1 Å². The van der Waals surface area contributed by atoms with Gasteiger partial charge in [0.2, 0.25) is 5.91 Å². The molecule has 32 heavy (non-hydrogen) atoms. The largest absolute Gasteiger partial charge is 0.388 e. The molecule has 10 heteroatoms. The molecule has 0 radical (unpaired) electrons. The maximum atomic E-state index is 13.3. The van der Waals surface area contributed by atoms with Crippen molar-refractivity contribution in [1.29, 1.82) is 0 Å². The summed E-state index contributed by atoms with van der Waals surface area (Å²) in [6.07, 6.45) is 1.73. The number of nitrogens with zero attached hydrogens (tertiary/aromatic N) is 4. The van der Waals surface area contributed by atoms with E-state index in [2.05, 4.69) is 9.97 Å². The van der Waals surface area contributed by atoms with Gasteiger partial charge in [-0.1, -0.05) is 12.1 Å². The molecule has 2 aromatic heterocycles. The van der Waals surface area contributed by atoms with Crippen LogP contribution in [0.1, 0.15) is 30.8 Å². The van der Waals surface area contributed by atoms with E-state index in [1.165, 1.54) is 10.8 Å². The summed E-state index contributed by atoms with van der Waals surface area (Å²) in [6.45, 7) is 4.07. The Morgan fingerprint density at radius 1 is 1.34 bits per heavy atom. The molecule has 1 amide bonds. The minimum Gasteiger partial charge on any atom is -0.388 e. The first-order chi connectivity index (χ1) is 15.2. The van der Waals surface area contributed by atoms with Gasteiger partial charge in [0.15, 0.2) is 0 Å². The van der Waals surface area contributed by atoms with Gasteiger partial charge in [-0.05, 0) is 32.4 Å². The number of carbonyl (C=O) groups excluding carboxylic acids is 1. The number of nitrogens with one attached hydrogen (secondary N) is 1. The van der Waals surface area contributed by atoms with E-state index < -0.39 is 22.9 Å². The van der Waals surface area contributed by atoms with Gasteiger partial charge in [0.05, 0.1) is 22.7 Å². The first-order valence-electron chi connectivity index (χ1n) is 10.5. The van der Waals surface area contributed by atoms with Gasteiger partial charge in [-0.15, -0.1) is 0 Å². The van der Waals surface area contributed by atoms with E-state index in [9.17, 15) is 19.5 Å². The number of fused-ring (bicyclic) bond motifs is 1. The number of imidazole rings is 1. The molecule has 3 aromatic rings. The van der Waals surface area contributed by atoms with Crippen LogP contribution in [-0.4, -0.2) is 60.8 Å². The highest BCUT2D eigenvalue weighted by Crippen LogP contribution is 2.31. The zero-order chi connectivity index (χ0) is 23.0. The van der Waals surface area contributed by atoms with E-state index in [0.717, 1.165) is 11.0 Å². The molecule has 0 saturated carbocycles. The lowest BCUT2D eigenvalue weighted by molar-refractivity contribution is -0.138. The quantitative estimate of drug-likeness (QED) is 0.597. The Kier molecular flexibility index (Phi) is 5.74. The van der Waals surface area contributed by atoms with Crippen LogP contribution in [0.3, 0.4) is 0 Å². The molecule has 1 saturated heterocycles. The number of H-pyrrole nitrogens is 1. The summed E-state index contributed by atoms with van der Waals surface area (Å²) in [6, 6.07) is 6.87. The SMILES string of the molecule is COCc1nc2ccccc2n1CC(=O)N1CC[C@@](C)(O)[C@H](n2cc(C)c(=O)[nH]c2=O)C1. The maximum Gasteiger partial charge on any atom is 0.328 e. The lowest BCUT2D eigenvalue weighted by Crippen LogP contribution is -2.55. The fourth-order valence-electron chi connectivity index (χ4n) is 4.23. The standard InChI is InChI=1S/C22H27N5O5/c1-14-10-27(21(30)24-20(14)29)17-11-25(9-8-22(17,2)31)19(28)12-26-16-7-5-4-6-15(16)23-18(26)13-32-3/h4-7,10,17,31H,8-9,11-13H2,1-3H3,(H,24,29,30)/t17-,22-/m1/s1. The molecular formula is C22H27N5O5. The van der Waals surface area contributed by atoms with E-state index in [1.54, 1.807) is 25.9 Å². The average Bonchev–Trinajstić information content (AvgIpc) is 3.08. The lowest BCUT2D eigenvalue weighted by atomic mass is 9.88. The van der Waals surface area contributed by atoms with Crippen LogP contribution in [0.2, 0.25) is 0 Å². The summed E-state index contributed by atoms with van der Waals surface area (Å²) >= 11 is 0. The second-order valence-corrected chi connectivity index (χ2v) is 8.48. The van der Waals surface area contributed by atoms with Gasteiger partial charge in [0, 0.05) is 32.0 Å². The number of amides is 1.